The van der Waals surface area contributed by atoms with Crippen LogP contribution in [0.4, 0.5) is 0 Å². The molecule has 2 rings (SSSR count). The molecular weight excluding hydrogens is 236 g/mol. The number of aryl methyl sites for hydroxylation is 3. The minimum atomic E-state index is -0.217. The summed E-state index contributed by atoms with van der Waals surface area (Å²) < 4.78 is 1.66. The highest BCUT2D eigenvalue weighted by molar-refractivity contribution is 5.35. The van der Waals surface area contributed by atoms with Crippen molar-refractivity contribution in [1.82, 2.24) is 4.57 Å². The molecule has 0 saturated carbocycles. The van der Waals surface area contributed by atoms with Crippen molar-refractivity contribution in [3.05, 3.63) is 68.6 Å². The van der Waals surface area contributed by atoms with Crippen LogP contribution in [-0.4, -0.2) is 4.57 Å². The minimum Gasteiger partial charge on any atom is -0.307 e. The Morgan fingerprint density at radius 2 is 1.74 bits per heavy atom. The van der Waals surface area contributed by atoms with Crippen molar-refractivity contribution < 1.29 is 0 Å². The van der Waals surface area contributed by atoms with Crippen molar-refractivity contribution in [2.24, 2.45) is 0 Å². The normalized spacial score (nSPS) is 10.2. The van der Waals surface area contributed by atoms with Crippen molar-refractivity contribution in [3.8, 4) is 6.07 Å². The highest BCUT2D eigenvalue weighted by Gasteiger charge is 2.09. The monoisotopic (exact) mass is 252 g/mol. The van der Waals surface area contributed by atoms with Crippen LogP contribution in [0.25, 0.3) is 0 Å². The molecule has 0 N–H and O–H groups in total. The summed E-state index contributed by atoms with van der Waals surface area (Å²) >= 11 is 0. The lowest BCUT2D eigenvalue weighted by molar-refractivity contribution is 0.720. The Bertz CT molecular complexity index is 700. The van der Waals surface area contributed by atoms with E-state index in [0.29, 0.717) is 6.54 Å². The first-order chi connectivity index (χ1) is 9.04. The Balaban J connectivity index is 2.57. The second-order valence-corrected chi connectivity index (χ2v) is 4.76. The van der Waals surface area contributed by atoms with E-state index in [-0.39, 0.29) is 11.1 Å². The second kappa shape index (κ2) is 5.11. The van der Waals surface area contributed by atoms with Gasteiger partial charge in [0.15, 0.2) is 0 Å². The lowest BCUT2D eigenvalue weighted by Gasteiger charge is -2.14. The summed E-state index contributed by atoms with van der Waals surface area (Å²) in [6, 6.07) is 11.4. The molecule has 0 spiro atoms. The van der Waals surface area contributed by atoms with Gasteiger partial charge in [0, 0.05) is 5.69 Å². The van der Waals surface area contributed by atoms with Gasteiger partial charge in [0.05, 0.1) is 6.54 Å². The molecule has 19 heavy (non-hydrogen) atoms. The maximum Gasteiger partial charge on any atom is 0.268 e. The smallest absolute Gasteiger partial charge is 0.268 e. The van der Waals surface area contributed by atoms with Gasteiger partial charge in [0.25, 0.3) is 5.56 Å². The first-order valence-corrected chi connectivity index (χ1v) is 6.20. The Morgan fingerprint density at radius 1 is 1.11 bits per heavy atom. The molecule has 0 radical (unpaired) electrons. The Kier molecular flexibility index (Phi) is 3.52. The molecule has 1 heterocycles. The van der Waals surface area contributed by atoms with E-state index >= 15 is 0 Å². The molecule has 2 aromatic rings. The fourth-order valence-corrected chi connectivity index (χ4v) is 2.21. The number of hydrogen-bond donors (Lipinski definition) is 0. The van der Waals surface area contributed by atoms with Gasteiger partial charge in [-0.05, 0) is 49.6 Å². The third-order valence-corrected chi connectivity index (χ3v) is 3.47. The minimum absolute atomic E-state index is 0.192. The van der Waals surface area contributed by atoms with Crippen LogP contribution in [0.1, 0.15) is 27.9 Å². The highest BCUT2D eigenvalue weighted by Crippen LogP contribution is 2.15. The van der Waals surface area contributed by atoms with E-state index in [1.54, 1.807) is 10.6 Å². The third-order valence-electron chi connectivity index (χ3n) is 3.47. The zero-order valence-corrected chi connectivity index (χ0v) is 11.4. The second-order valence-electron chi connectivity index (χ2n) is 4.76. The molecule has 0 bridgehead atoms. The van der Waals surface area contributed by atoms with Crippen LogP contribution in [0.2, 0.25) is 0 Å². The lowest BCUT2D eigenvalue weighted by Crippen LogP contribution is -2.25. The average Bonchev–Trinajstić information content (AvgIpc) is 2.37. The SMILES string of the molecule is Cc1cccc(C)c1Cn1c(C)ccc(C#N)c1=O. The summed E-state index contributed by atoms with van der Waals surface area (Å²) in [5, 5.41) is 8.95. The number of benzene rings is 1. The zero-order valence-electron chi connectivity index (χ0n) is 11.4. The van der Waals surface area contributed by atoms with Gasteiger partial charge in [0.1, 0.15) is 11.6 Å². The molecule has 0 aliphatic rings. The van der Waals surface area contributed by atoms with Gasteiger partial charge >= 0.3 is 0 Å². The van der Waals surface area contributed by atoms with Gasteiger partial charge in [-0.1, -0.05) is 18.2 Å². The largest absolute Gasteiger partial charge is 0.307 e. The Morgan fingerprint density at radius 3 is 2.32 bits per heavy atom. The van der Waals surface area contributed by atoms with E-state index in [2.05, 4.69) is 0 Å². The molecule has 0 aliphatic carbocycles. The molecule has 0 unspecified atom stereocenters. The number of pyridine rings is 1. The predicted octanol–water partition coefficient (Wildman–Crippen LogP) is 2.69. The topological polar surface area (TPSA) is 45.8 Å². The fraction of sp³-hybridized carbons (Fsp3) is 0.250. The number of nitrogens with zero attached hydrogens (tertiary/aromatic N) is 2. The number of nitriles is 1. The first kappa shape index (κ1) is 13.1. The summed E-state index contributed by atoms with van der Waals surface area (Å²) in [6.07, 6.45) is 0. The molecule has 96 valence electrons. The van der Waals surface area contributed by atoms with Gasteiger partial charge in [-0.25, -0.2) is 0 Å². The molecule has 1 aromatic carbocycles. The van der Waals surface area contributed by atoms with Crippen molar-refractivity contribution >= 4 is 0 Å². The standard InChI is InChI=1S/C16H16N2O/c1-11-5-4-6-12(2)15(11)10-18-13(3)7-8-14(9-17)16(18)19/h4-8H,10H2,1-3H3. The van der Waals surface area contributed by atoms with Crippen LogP contribution in [0.5, 0.6) is 0 Å². The lowest BCUT2D eigenvalue weighted by atomic mass is 10.0. The van der Waals surface area contributed by atoms with Gasteiger partial charge in [-0.15, -0.1) is 0 Å². The van der Waals surface area contributed by atoms with Crippen LogP contribution in [0.3, 0.4) is 0 Å². The molecule has 0 fully saturated rings. The predicted molar refractivity (Wildman–Crippen MR) is 75.2 cm³/mol. The Hall–Kier alpha value is -2.34. The van der Waals surface area contributed by atoms with E-state index in [4.69, 9.17) is 5.26 Å². The molecule has 0 saturated heterocycles. The van der Waals surface area contributed by atoms with E-state index in [1.165, 1.54) is 0 Å². The van der Waals surface area contributed by atoms with E-state index in [9.17, 15) is 4.79 Å². The summed E-state index contributed by atoms with van der Waals surface area (Å²) in [4.78, 5) is 12.2. The molecule has 0 atom stereocenters. The van der Waals surface area contributed by atoms with Gasteiger partial charge < -0.3 is 4.57 Å². The summed E-state index contributed by atoms with van der Waals surface area (Å²) in [5.74, 6) is 0. The van der Waals surface area contributed by atoms with Crippen LogP contribution >= 0.6 is 0 Å². The highest BCUT2D eigenvalue weighted by atomic mass is 16.1. The maximum absolute atomic E-state index is 12.2. The van der Waals surface area contributed by atoms with Gasteiger partial charge in [0.2, 0.25) is 0 Å². The fourth-order valence-electron chi connectivity index (χ4n) is 2.21. The molecule has 0 aliphatic heterocycles. The molecule has 3 heteroatoms. The molecular formula is C16H16N2O. The van der Waals surface area contributed by atoms with Crippen molar-refractivity contribution in [3.63, 3.8) is 0 Å². The first-order valence-electron chi connectivity index (χ1n) is 6.20. The quantitative estimate of drug-likeness (QED) is 0.825. The zero-order chi connectivity index (χ0) is 14.0. The number of rotatable bonds is 2. The summed E-state index contributed by atoms with van der Waals surface area (Å²) in [7, 11) is 0. The third kappa shape index (κ3) is 2.43. The maximum atomic E-state index is 12.2. The Labute approximate surface area is 112 Å². The number of hydrogen-bond acceptors (Lipinski definition) is 2. The van der Waals surface area contributed by atoms with Crippen molar-refractivity contribution in [1.29, 1.82) is 5.26 Å². The molecule has 0 amide bonds. The van der Waals surface area contributed by atoms with E-state index in [0.717, 1.165) is 22.4 Å². The van der Waals surface area contributed by atoms with Crippen LogP contribution < -0.4 is 5.56 Å². The molecule has 3 nitrogen and oxygen atoms in total. The van der Waals surface area contributed by atoms with Gasteiger partial charge in [-0.3, -0.25) is 4.79 Å². The van der Waals surface area contributed by atoms with Crippen LogP contribution in [0, 0.1) is 32.1 Å². The van der Waals surface area contributed by atoms with E-state index < -0.39 is 0 Å². The van der Waals surface area contributed by atoms with Gasteiger partial charge in [-0.2, -0.15) is 5.26 Å². The number of aromatic nitrogens is 1. The van der Waals surface area contributed by atoms with Crippen molar-refractivity contribution in [2.75, 3.05) is 0 Å². The average molecular weight is 252 g/mol. The van der Waals surface area contributed by atoms with Crippen LogP contribution in [0.15, 0.2) is 35.1 Å². The van der Waals surface area contributed by atoms with E-state index in [1.807, 2.05) is 51.1 Å². The van der Waals surface area contributed by atoms with Crippen molar-refractivity contribution in [2.45, 2.75) is 27.3 Å². The summed E-state index contributed by atoms with van der Waals surface area (Å²) in [5.41, 5.74) is 4.30. The molecule has 1 aromatic heterocycles. The van der Waals surface area contributed by atoms with Crippen LogP contribution in [-0.2, 0) is 6.54 Å². The summed E-state index contributed by atoms with van der Waals surface area (Å²) in [6.45, 7) is 6.47.